The Morgan fingerprint density at radius 1 is 1.10 bits per heavy atom. The van der Waals surface area contributed by atoms with E-state index < -0.39 is 0 Å². The topological polar surface area (TPSA) is 24.9 Å². The average molecular weight is 278 g/mol. The third-order valence-corrected chi connectivity index (χ3v) is 4.22. The summed E-state index contributed by atoms with van der Waals surface area (Å²) in [7, 11) is 0. The molecule has 21 heavy (non-hydrogen) atoms. The lowest BCUT2D eigenvalue weighted by Gasteiger charge is -2.17. The molecule has 1 aromatic heterocycles. The second-order valence-electron chi connectivity index (χ2n) is 5.45. The Hall–Kier alpha value is -2.42. The number of nitrogens with one attached hydrogen (secondary N) is 1. The van der Waals surface area contributed by atoms with Crippen molar-refractivity contribution in [2.75, 3.05) is 5.32 Å². The molecule has 3 aromatic rings. The summed E-state index contributed by atoms with van der Waals surface area (Å²) in [6, 6.07) is 13.7. The molecule has 1 N–H and O–H groups in total. The minimum atomic E-state index is -0.0843. The number of halogens is 1. The second kappa shape index (κ2) is 4.85. The van der Waals surface area contributed by atoms with Crippen LogP contribution in [-0.4, -0.2) is 4.98 Å². The van der Waals surface area contributed by atoms with Crippen LogP contribution in [0, 0.1) is 5.82 Å². The van der Waals surface area contributed by atoms with Gasteiger partial charge in [-0.25, -0.2) is 4.39 Å². The molecule has 0 amide bonds. The molecule has 0 radical (unpaired) electrons. The van der Waals surface area contributed by atoms with Crippen molar-refractivity contribution in [2.45, 2.75) is 18.9 Å². The Labute approximate surface area is 122 Å². The first-order valence-corrected chi connectivity index (χ1v) is 7.19. The van der Waals surface area contributed by atoms with Crippen LogP contribution < -0.4 is 5.32 Å². The monoisotopic (exact) mass is 278 g/mol. The summed E-state index contributed by atoms with van der Waals surface area (Å²) in [6.07, 6.45) is 5.39. The Morgan fingerprint density at radius 3 is 2.95 bits per heavy atom. The first-order chi connectivity index (χ1) is 10.3. The predicted molar refractivity (Wildman–Crippen MR) is 82.8 cm³/mol. The highest BCUT2D eigenvalue weighted by molar-refractivity contribution is 5.93. The predicted octanol–water partition coefficient (Wildman–Crippen LogP) is 4.47. The molecule has 4 rings (SSSR count). The van der Waals surface area contributed by atoms with Crippen LogP contribution in [0.25, 0.3) is 10.8 Å². The third kappa shape index (κ3) is 2.05. The molecule has 1 aliphatic rings. The smallest absolute Gasteiger partial charge is 0.126 e. The third-order valence-electron chi connectivity index (χ3n) is 4.22. The number of benzene rings is 2. The van der Waals surface area contributed by atoms with Gasteiger partial charge in [-0.2, -0.15) is 0 Å². The highest BCUT2D eigenvalue weighted by Gasteiger charge is 2.24. The molecule has 0 saturated carbocycles. The van der Waals surface area contributed by atoms with E-state index in [9.17, 15) is 4.39 Å². The molecule has 104 valence electrons. The first kappa shape index (κ1) is 12.3. The number of nitrogens with zero attached hydrogens (tertiary/aromatic N) is 1. The van der Waals surface area contributed by atoms with Gasteiger partial charge in [0.05, 0.1) is 6.04 Å². The van der Waals surface area contributed by atoms with E-state index in [1.807, 2.05) is 24.4 Å². The van der Waals surface area contributed by atoms with Crippen molar-refractivity contribution in [3.8, 4) is 0 Å². The molecule has 0 bridgehead atoms. The molecule has 0 saturated heterocycles. The lowest BCUT2D eigenvalue weighted by atomic mass is 10.1. The number of hydrogen-bond donors (Lipinski definition) is 1. The fourth-order valence-corrected chi connectivity index (χ4v) is 3.20. The zero-order valence-corrected chi connectivity index (χ0v) is 11.5. The molecule has 3 heteroatoms. The lowest BCUT2D eigenvalue weighted by molar-refractivity contribution is 0.612. The van der Waals surface area contributed by atoms with Crippen LogP contribution in [0.5, 0.6) is 0 Å². The summed E-state index contributed by atoms with van der Waals surface area (Å²) in [5.74, 6) is -0.0843. The zero-order valence-electron chi connectivity index (χ0n) is 11.5. The van der Waals surface area contributed by atoms with Gasteiger partial charge in [0.15, 0.2) is 0 Å². The van der Waals surface area contributed by atoms with E-state index in [2.05, 4.69) is 22.4 Å². The van der Waals surface area contributed by atoms with Crippen molar-refractivity contribution in [1.82, 2.24) is 4.98 Å². The van der Waals surface area contributed by atoms with Gasteiger partial charge in [0.1, 0.15) is 5.82 Å². The van der Waals surface area contributed by atoms with Gasteiger partial charge in [0.25, 0.3) is 0 Å². The number of rotatable bonds is 2. The summed E-state index contributed by atoms with van der Waals surface area (Å²) in [4.78, 5) is 4.16. The van der Waals surface area contributed by atoms with Crippen LogP contribution in [0.4, 0.5) is 10.1 Å². The molecular formula is C18H15FN2. The fraction of sp³-hybridized carbons (Fsp3) is 0.167. The van der Waals surface area contributed by atoms with Crippen LogP contribution in [0.1, 0.15) is 23.6 Å². The Kier molecular flexibility index (Phi) is 2.85. The second-order valence-corrected chi connectivity index (χ2v) is 5.45. The minimum Gasteiger partial charge on any atom is -0.378 e. The van der Waals surface area contributed by atoms with Gasteiger partial charge in [-0.05, 0) is 42.2 Å². The van der Waals surface area contributed by atoms with Crippen LogP contribution in [0.3, 0.4) is 0 Å². The van der Waals surface area contributed by atoms with Gasteiger partial charge in [-0.15, -0.1) is 0 Å². The van der Waals surface area contributed by atoms with Crippen molar-refractivity contribution >= 4 is 16.5 Å². The molecule has 0 fully saturated rings. The van der Waals surface area contributed by atoms with E-state index in [-0.39, 0.29) is 11.9 Å². The van der Waals surface area contributed by atoms with Crippen molar-refractivity contribution in [3.63, 3.8) is 0 Å². The highest BCUT2D eigenvalue weighted by Crippen LogP contribution is 2.36. The number of pyridine rings is 1. The maximum absolute atomic E-state index is 13.8. The van der Waals surface area contributed by atoms with Crippen LogP contribution in [0.15, 0.2) is 54.9 Å². The maximum Gasteiger partial charge on any atom is 0.126 e. The molecule has 2 nitrogen and oxygen atoms in total. The Morgan fingerprint density at radius 2 is 2.00 bits per heavy atom. The van der Waals surface area contributed by atoms with E-state index in [1.54, 1.807) is 18.3 Å². The van der Waals surface area contributed by atoms with Crippen molar-refractivity contribution in [3.05, 3.63) is 71.8 Å². The molecule has 1 atom stereocenters. The molecular weight excluding hydrogens is 263 g/mol. The van der Waals surface area contributed by atoms with Gasteiger partial charge < -0.3 is 5.32 Å². The number of aromatic nitrogens is 1. The van der Waals surface area contributed by atoms with Crippen LogP contribution in [0.2, 0.25) is 0 Å². The lowest BCUT2D eigenvalue weighted by Crippen LogP contribution is -2.07. The molecule has 1 unspecified atom stereocenters. The van der Waals surface area contributed by atoms with Crippen molar-refractivity contribution < 1.29 is 4.39 Å². The van der Waals surface area contributed by atoms with Crippen molar-refractivity contribution in [1.29, 1.82) is 0 Å². The molecule has 0 aliphatic heterocycles. The Bertz CT molecular complexity index is 808. The number of fused-ring (bicyclic) bond motifs is 2. The molecule has 0 spiro atoms. The summed E-state index contributed by atoms with van der Waals surface area (Å²) in [6.45, 7) is 0. The SMILES string of the molecule is Fc1cccc2c1CCC2Nc1cccc2cnccc12. The zero-order chi connectivity index (χ0) is 14.2. The van der Waals surface area contributed by atoms with Gasteiger partial charge in [0, 0.05) is 28.9 Å². The first-order valence-electron chi connectivity index (χ1n) is 7.19. The number of hydrogen-bond acceptors (Lipinski definition) is 2. The van der Waals surface area contributed by atoms with E-state index in [0.717, 1.165) is 40.4 Å². The standard InChI is InChI=1S/C18H15FN2/c19-16-5-2-4-15-14(16)7-8-18(15)21-17-6-1-3-12-11-20-10-9-13(12)17/h1-6,9-11,18,21H,7-8H2. The summed E-state index contributed by atoms with van der Waals surface area (Å²) in [5, 5.41) is 5.83. The Balaban J connectivity index is 1.73. The quantitative estimate of drug-likeness (QED) is 0.748. The fourth-order valence-electron chi connectivity index (χ4n) is 3.20. The van der Waals surface area contributed by atoms with E-state index in [4.69, 9.17) is 0 Å². The van der Waals surface area contributed by atoms with Gasteiger partial charge >= 0.3 is 0 Å². The van der Waals surface area contributed by atoms with E-state index in [1.165, 1.54) is 0 Å². The minimum absolute atomic E-state index is 0.0843. The van der Waals surface area contributed by atoms with Gasteiger partial charge in [0.2, 0.25) is 0 Å². The molecule has 2 aromatic carbocycles. The van der Waals surface area contributed by atoms with Crippen molar-refractivity contribution in [2.24, 2.45) is 0 Å². The summed E-state index contributed by atoms with van der Waals surface area (Å²) < 4.78 is 13.8. The van der Waals surface area contributed by atoms with Crippen LogP contribution >= 0.6 is 0 Å². The molecule has 1 heterocycles. The normalized spacial score (nSPS) is 16.9. The van der Waals surface area contributed by atoms with E-state index >= 15 is 0 Å². The number of anilines is 1. The van der Waals surface area contributed by atoms with Gasteiger partial charge in [-0.3, -0.25) is 4.98 Å². The van der Waals surface area contributed by atoms with E-state index in [0.29, 0.717) is 0 Å². The molecule has 1 aliphatic carbocycles. The largest absolute Gasteiger partial charge is 0.378 e. The highest BCUT2D eigenvalue weighted by atomic mass is 19.1. The average Bonchev–Trinajstić information content (AvgIpc) is 2.92. The van der Waals surface area contributed by atoms with Crippen LogP contribution in [-0.2, 0) is 6.42 Å². The maximum atomic E-state index is 13.8. The summed E-state index contributed by atoms with van der Waals surface area (Å²) >= 11 is 0. The van der Waals surface area contributed by atoms with Gasteiger partial charge in [-0.1, -0.05) is 24.3 Å². The summed E-state index contributed by atoms with van der Waals surface area (Å²) in [5.41, 5.74) is 3.02.